The highest BCUT2D eigenvalue weighted by Crippen LogP contribution is 2.30. The quantitative estimate of drug-likeness (QED) is 0.0204. The predicted octanol–water partition coefficient (Wildman–Crippen LogP) is 13.0. The number of carbonyl (C=O) groups excluding carboxylic acids is 1. The third kappa shape index (κ3) is 36.5. The Morgan fingerprint density at radius 3 is 1.19 bits per heavy atom. The Balaban J connectivity index is 1.56. The van der Waals surface area contributed by atoms with E-state index in [0.717, 1.165) is 51.4 Å². The average molecular weight is 1140 g/mol. The van der Waals surface area contributed by atoms with Crippen molar-refractivity contribution in [2.75, 3.05) is 19.8 Å². The van der Waals surface area contributed by atoms with Crippen molar-refractivity contribution in [1.82, 2.24) is 5.32 Å². The Morgan fingerprint density at radius 2 is 0.787 bits per heavy atom. The van der Waals surface area contributed by atoms with E-state index in [1.165, 1.54) is 231 Å². The summed E-state index contributed by atoms with van der Waals surface area (Å²) in [6.45, 7) is 2.88. The van der Waals surface area contributed by atoms with Crippen LogP contribution in [-0.4, -0.2) is 140 Å². The van der Waals surface area contributed by atoms with Crippen LogP contribution in [0.1, 0.15) is 309 Å². The van der Waals surface area contributed by atoms with Gasteiger partial charge in [0.05, 0.1) is 32.0 Å². The minimum atomic E-state index is -1.78. The molecule has 12 unspecified atom stereocenters. The largest absolute Gasteiger partial charge is 0.394 e. The topological polar surface area (TPSA) is 228 Å². The molecule has 80 heavy (non-hydrogen) atoms. The van der Waals surface area contributed by atoms with Crippen molar-refractivity contribution in [2.24, 2.45) is 0 Å². The highest BCUT2D eigenvalue weighted by Gasteiger charge is 2.51. The van der Waals surface area contributed by atoms with E-state index in [0.29, 0.717) is 12.8 Å². The first-order chi connectivity index (χ1) is 39.1. The second-order valence-electron chi connectivity index (χ2n) is 24.3. The molecule has 12 atom stereocenters. The first-order valence-electron chi connectivity index (χ1n) is 33.9. The molecule has 1 amide bonds. The number of unbranched alkanes of at least 4 members (excludes halogenated alkanes) is 41. The SMILES string of the molecule is CCCCCCCCCC/C=C\CCCCCCCCCCCCCCCCCCCCCCCCCC(=O)NC(COC1OC(CO)C(OC2OC(CO)C(O)C(O)C2O)C(O)C1O)C(O)CCCCCCCCCCCCC. The average Bonchev–Trinajstić information content (AvgIpc) is 3.46. The molecule has 0 aromatic carbocycles. The summed E-state index contributed by atoms with van der Waals surface area (Å²) in [5.41, 5.74) is 0. The van der Waals surface area contributed by atoms with E-state index in [-0.39, 0.29) is 12.5 Å². The lowest BCUT2D eigenvalue weighted by Crippen LogP contribution is -2.65. The Bertz CT molecular complexity index is 1390. The van der Waals surface area contributed by atoms with E-state index in [9.17, 15) is 45.6 Å². The number of aliphatic hydroxyl groups is 8. The van der Waals surface area contributed by atoms with Crippen LogP contribution < -0.4 is 5.32 Å². The normalized spacial score (nSPS) is 24.2. The monoisotopic (exact) mass is 1140 g/mol. The highest BCUT2D eigenvalue weighted by atomic mass is 16.7. The molecule has 0 radical (unpaired) electrons. The van der Waals surface area contributed by atoms with Crippen LogP contribution in [0.15, 0.2) is 12.2 Å². The molecule has 2 saturated heterocycles. The van der Waals surface area contributed by atoms with Gasteiger partial charge in [0.15, 0.2) is 12.6 Å². The summed E-state index contributed by atoms with van der Waals surface area (Å²) in [6.07, 6.45) is 45.5. The van der Waals surface area contributed by atoms with E-state index >= 15 is 0 Å². The molecule has 0 bridgehead atoms. The summed E-state index contributed by atoms with van der Waals surface area (Å²) in [7, 11) is 0. The number of allylic oxidation sites excluding steroid dienone is 2. The number of aliphatic hydroxyl groups excluding tert-OH is 8. The van der Waals surface area contributed by atoms with Gasteiger partial charge in [-0.1, -0.05) is 276 Å². The van der Waals surface area contributed by atoms with Crippen LogP contribution in [0, 0.1) is 0 Å². The summed E-state index contributed by atoms with van der Waals surface area (Å²) < 4.78 is 22.8. The molecule has 14 nitrogen and oxygen atoms in total. The van der Waals surface area contributed by atoms with Crippen LogP contribution in [-0.2, 0) is 23.7 Å². The Hall–Kier alpha value is -1.27. The van der Waals surface area contributed by atoms with Crippen molar-refractivity contribution >= 4 is 5.91 Å². The van der Waals surface area contributed by atoms with Gasteiger partial charge in [0, 0.05) is 6.42 Å². The van der Waals surface area contributed by atoms with Crippen molar-refractivity contribution in [3.05, 3.63) is 12.2 Å². The van der Waals surface area contributed by atoms with Gasteiger partial charge in [-0.15, -0.1) is 0 Å². The number of ether oxygens (including phenoxy) is 4. The predicted molar refractivity (Wildman–Crippen MR) is 323 cm³/mol. The maximum atomic E-state index is 13.3. The minimum absolute atomic E-state index is 0.201. The van der Waals surface area contributed by atoms with Gasteiger partial charge in [-0.3, -0.25) is 4.79 Å². The van der Waals surface area contributed by atoms with Gasteiger partial charge in [-0.25, -0.2) is 0 Å². The number of nitrogens with one attached hydrogen (secondary N) is 1. The number of hydrogen-bond acceptors (Lipinski definition) is 13. The summed E-state index contributed by atoms with van der Waals surface area (Å²) in [5, 5.41) is 87.2. The van der Waals surface area contributed by atoms with E-state index in [4.69, 9.17) is 18.9 Å². The van der Waals surface area contributed by atoms with Gasteiger partial charge < -0.3 is 65.1 Å². The van der Waals surface area contributed by atoms with Crippen LogP contribution in [0.4, 0.5) is 0 Å². The van der Waals surface area contributed by atoms with Gasteiger partial charge in [0.2, 0.25) is 5.91 Å². The maximum absolute atomic E-state index is 13.3. The Kier molecular flexibility index (Phi) is 48.7. The van der Waals surface area contributed by atoms with E-state index in [2.05, 4.69) is 31.3 Å². The first-order valence-corrected chi connectivity index (χ1v) is 33.9. The van der Waals surface area contributed by atoms with Crippen molar-refractivity contribution in [1.29, 1.82) is 0 Å². The standard InChI is InChI=1S/C66H127NO13/c1-3-5-7-9-11-13-15-16-17-18-19-20-21-22-23-24-25-26-27-28-29-30-31-32-33-34-35-36-37-38-40-42-44-46-48-50-58(71)67-54(55(70)49-47-45-43-41-39-14-12-10-8-6-4-2)53-77-65-63(76)61(74)64(57(52-69)79-65)80-66-62(75)60(73)59(72)56(51-68)78-66/h18-19,54-57,59-66,68-70,72-76H,3-17,20-53H2,1-2H3,(H,67,71)/b19-18-. The number of rotatable bonds is 56. The van der Waals surface area contributed by atoms with Crippen molar-refractivity contribution in [3.8, 4) is 0 Å². The number of carbonyl (C=O) groups is 1. The summed E-state index contributed by atoms with van der Waals surface area (Å²) >= 11 is 0. The molecule has 2 rings (SSSR count). The second kappa shape index (κ2) is 52.1. The molecular formula is C66H127NO13. The molecule has 14 heteroatoms. The third-order valence-corrected chi connectivity index (χ3v) is 17.0. The van der Waals surface area contributed by atoms with E-state index < -0.39 is 86.8 Å². The lowest BCUT2D eigenvalue weighted by atomic mass is 9.97. The molecule has 9 N–H and O–H groups in total. The van der Waals surface area contributed by atoms with Gasteiger partial charge in [-0.2, -0.15) is 0 Å². The molecule has 474 valence electrons. The molecule has 0 spiro atoms. The maximum Gasteiger partial charge on any atom is 0.220 e. The van der Waals surface area contributed by atoms with Gasteiger partial charge >= 0.3 is 0 Å². The molecule has 0 aliphatic carbocycles. The van der Waals surface area contributed by atoms with Crippen LogP contribution >= 0.6 is 0 Å². The Morgan fingerprint density at radius 1 is 0.438 bits per heavy atom. The number of hydrogen-bond donors (Lipinski definition) is 9. The molecule has 2 fully saturated rings. The molecule has 2 aliphatic heterocycles. The molecule has 2 aliphatic rings. The zero-order valence-electron chi connectivity index (χ0n) is 51.4. The third-order valence-electron chi connectivity index (χ3n) is 17.0. The van der Waals surface area contributed by atoms with Crippen molar-refractivity contribution < 1.29 is 64.6 Å². The zero-order valence-corrected chi connectivity index (χ0v) is 51.4. The van der Waals surface area contributed by atoms with Gasteiger partial charge in [0.1, 0.15) is 48.8 Å². The van der Waals surface area contributed by atoms with E-state index in [1.807, 2.05) is 0 Å². The molecule has 0 aromatic rings. The molecule has 0 aromatic heterocycles. The van der Waals surface area contributed by atoms with Crippen LogP contribution in [0.2, 0.25) is 0 Å². The van der Waals surface area contributed by atoms with Crippen LogP contribution in [0.5, 0.6) is 0 Å². The Labute approximate surface area is 488 Å². The summed E-state index contributed by atoms with van der Waals surface area (Å²) in [5.74, 6) is -0.201. The summed E-state index contributed by atoms with van der Waals surface area (Å²) in [4.78, 5) is 13.3. The fourth-order valence-electron chi connectivity index (χ4n) is 11.5. The van der Waals surface area contributed by atoms with Crippen molar-refractivity contribution in [2.45, 2.75) is 383 Å². The van der Waals surface area contributed by atoms with Crippen LogP contribution in [0.25, 0.3) is 0 Å². The van der Waals surface area contributed by atoms with Crippen molar-refractivity contribution in [3.63, 3.8) is 0 Å². The van der Waals surface area contributed by atoms with Gasteiger partial charge in [-0.05, 0) is 38.5 Å². The lowest BCUT2D eigenvalue weighted by Gasteiger charge is -2.46. The fraction of sp³-hybridized carbons (Fsp3) is 0.955. The smallest absolute Gasteiger partial charge is 0.220 e. The second-order valence-corrected chi connectivity index (χ2v) is 24.3. The lowest BCUT2D eigenvalue weighted by molar-refractivity contribution is -0.359. The fourth-order valence-corrected chi connectivity index (χ4v) is 11.5. The van der Waals surface area contributed by atoms with Gasteiger partial charge in [0.25, 0.3) is 0 Å². The zero-order chi connectivity index (χ0) is 58.1. The summed E-state index contributed by atoms with van der Waals surface area (Å²) in [6, 6.07) is -0.823. The molecule has 2 heterocycles. The van der Waals surface area contributed by atoms with Crippen LogP contribution in [0.3, 0.4) is 0 Å². The highest BCUT2D eigenvalue weighted by molar-refractivity contribution is 5.76. The molecular weight excluding hydrogens is 1010 g/mol. The molecule has 0 saturated carbocycles. The first kappa shape index (κ1) is 74.8. The number of amides is 1. The van der Waals surface area contributed by atoms with E-state index in [1.54, 1.807) is 0 Å². The minimum Gasteiger partial charge on any atom is -0.394 e.